The maximum atomic E-state index is 12.4. The third-order valence-electron chi connectivity index (χ3n) is 4.65. The van der Waals surface area contributed by atoms with Gasteiger partial charge in [0.25, 0.3) is 0 Å². The van der Waals surface area contributed by atoms with Gasteiger partial charge in [-0.25, -0.2) is 0 Å². The lowest BCUT2D eigenvalue weighted by molar-refractivity contribution is 0.0961. The van der Waals surface area contributed by atoms with E-state index in [2.05, 4.69) is 20.3 Å². The second kappa shape index (κ2) is 8.18. The first-order valence-corrected chi connectivity index (χ1v) is 9.11. The van der Waals surface area contributed by atoms with Gasteiger partial charge in [-0.3, -0.25) is 4.79 Å². The molecule has 2 aromatic carbocycles. The molecule has 0 unspecified atom stereocenters. The second-order valence-electron chi connectivity index (χ2n) is 6.44. The van der Waals surface area contributed by atoms with Crippen molar-refractivity contribution >= 4 is 11.5 Å². The summed E-state index contributed by atoms with van der Waals surface area (Å²) < 4.78 is 10.5. The van der Waals surface area contributed by atoms with E-state index < -0.39 is 0 Å². The maximum absolute atomic E-state index is 12.4. The van der Waals surface area contributed by atoms with Gasteiger partial charge < -0.3 is 14.4 Å². The number of tetrazole rings is 1. The minimum Gasteiger partial charge on any atom is -0.497 e. The van der Waals surface area contributed by atoms with E-state index in [1.54, 1.807) is 31.4 Å². The fraction of sp³-hybridized carbons (Fsp3) is 0.300. The zero-order chi connectivity index (χ0) is 19.3. The molecule has 1 fully saturated rings. The highest BCUT2D eigenvalue weighted by Crippen LogP contribution is 2.21. The van der Waals surface area contributed by atoms with E-state index in [1.165, 1.54) is 4.80 Å². The predicted molar refractivity (Wildman–Crippen MR) is 104 cm³/mol. The molecule has 0 atom stereocenters. The summed E-state index contributed by atoms with van der Waals surface area (Å²) in [6.07, 6.45) is 0. The first-order valence-electron chi connectivity index (χ1n) is 9.11. The van der Waals surface area contributed by atoms with Crippen molar-refractivity contribution < 1.29 is 14.3 Å². The van der Waals surface area contributed by atoms with Crippen LogP contribution in [0.2, 0.25) is 0 Å². The number of ketones is 1. The number of hydrogen-bond acceptors (Lipinski definition) is 7. The van der Waals surface area contributed by atoms with E-state index in [0.29, 0.717) is 17.1 Å². The van der Waals surface area contributed by atoms with E-state index in [-0.39, 0.29) is 12.3 Å². The summed E-state index contributed by atoms with van der Waals surface area (Å²) in [5.74, 6) is 1.11. The molecule has 2 heterocycles. The molecule has 0 amide bonds. The van der Waals surface area contributed by atoms with Gasteiger partial charge in [-0.15, -0.1) is 10.2 Å². The monoisotopic (exact) mass is 379 g/mol. The fourth-order valence-electron chi connectivity index (χ4n) is 3.07. The number of carbonyl (C=O) groups excluding carboxylic acids is 1. The van der Waals surface area contributed by atoms with Crippen LogP contribution in [0.4, 0.5) is 5.69 Å². The van der Waals surface area contributed by atoms with Crippen LogP contribution in [0.3, 0.4) is 0 Å². The van der Waals surface area contributed by atoms with Crippen LogP contribution < -0.4 is 9.64 Å². The quantitative estimate of drug-likeness (QED) is 0.606. The molecule has 0 saturated carbocycles. The van der Waals surface area contributed by atoms with E-state index in [9.17, 15) is 4.79 Å². The Morgan fingerprint density at radius 2 is 1.79 bits per heavy atom. The van der Waals surface area contributed by atoms with Gasteiger partial charge in [0.1, 0.15) is 12.3 Å². The van der Waals surface area contributed by atoms with Crippen molar-refractivity contribution in [1.82, 2.24) is 20.2 Å². The molecule has 4 rings (SSSR count). The minimum absolute atomic E-state index is 0.0329. The normalized spacial score (nSPS) is 14.1. The van der Waals surface area contributed by atoms with Gasteiger partial charge in [0.15, 0.2) is 5.78 Å². The molecule has 0 radical (unpaired) electrons. The number of hydrogen-bond donors (Lipinski definition) is 0. The Kier molecular flexibility index (Phi) is 5.29. The van der Waals surface area contributed by atoms with Crippen LogP contribution >= 0.6 is 0 Å². The van der Waals surface area contributed by atoms with Gasteiger partial charge in [-0.1, -0.05) is 0 Å². The third-order valence-corrected chi connectivity index (χ3v) is 4.65. The fourth-order valence-corrected chi connectivity index (χ4v) is 3.07. The van der Waals surface area contributed by atoms with Gasteiger partial charge >= 0.3 is 0 Å². The van der Waals surface area contributed by atoms with Crippen LogP contribution in [0.15, 0.2) is 48.5 Å². The van der Waals surface area contributed by atoms with E-state index >= 15 is 0 Å². The van der Waals surface area contributed by atoms with Gasteiger partial charge in [0.05, 0.1) is 20.3 Å². The molecule has 1 aromatic heterocycles. The molecule has 1 saturated heterocycles. The summed E-state index contributed by atoms with van der Waals surface area (Å²) in [6.45, 7) is 3.31. The van der Waals surface area contributed by atoms with Gasteiger partial charge in [-0.2, -0.15) is 4.80 Å². The van der Waals surface area contributed by atoms with Crippen molar-refractivity contribution in [3.05, 3.63) is 54.1 Å². The Hall–Kier alpha value is -3.26. The largest absolute Gasteiger partial charge is 0.497 e. The molecule has 3 aromatic rings. The highest BCUT2D eigenvalue weighted by atomic mass is 16.5. The topological polar surface area (TPSA) is 82.4 Å². The molecule has 8 nitrogen and oxygen atoms in total. The number of aromatic nitrogens is 4. The number of methoxy groups -OCH3 is 1. The van der Waals surface area contributed by atoms with Crippen molar-refractivity contribution in [2.24, 2.45) is 0 Å². The molecule has 0 bridgehead atoms. The molecule has 1 aliphatic rings. The molecular weight excluding hydrogens is 358 g/mol. The Morgan fingerprint density at radius 3 is 2.46 bits per heavy atom. The highest BCUT2D eigenvalue weighted by Gasteiger charge is 2.14. The number of Topliss-reactive ketones (excluding diaryl/α,β-unsaturated/α-hetero) is 1. The summed E-state index contributed by atoms with van der Waals surface area (Å²) >= 11 is 0. The lowest BCUT2D eigenvalue weighted by Gasteiger charge is -2.28. The number of morpholine rings is 1. The van der Waals surface area contributed by atoms with Crippen molar-refractivity contribution in [3.63, 3.8) is 0 Å². The lowest BCUT2D eigenvalue weighted by Crippen LogP contribution is -2.36. The second-order valence-corrected chi connectivity index (χ2v) is 6.44. The number of rotatable bonds is 6. The molecule has 0 N–H and O–H groups in total. The standard InChI is InChI=1S/C20H21N5O3/c1-27-18-8-4-15(5-9-18)19(26)14-25-22-20(21-23-25)16-2-6-17(7-3-16)24-10-12-28-13-11-24/h2-9H,10-14H2,1H3. The van der Waals surface area contributed by atoms with Crippen LogP contribution in [0.25, 0.3) is 11.4 Å². The summed E-state index contributed by atoms with van der Waals surface area (Å²) in [7, 11) is 1.59. The first kappa shape index (κ1) is 18.1. The van der Waals surface area contributed by atoms with Crippen molar-refractivity contribution in [1.29, 1.82) is 0 Å². The van der Waals surface area contributed by atoms with Gasteiger partial charge in [0.2, 0.25) is 5.82 Å². The number of ether oxygens (including phenoxy) is 2. The zero-order valence-corrected chi connectivity index (χ0v) is 15.6. The van der Waals surface area contributed by atoms with Gasteiger partial charge in [0, 0.05) is 29.9 Å². The molecule has 28 heavy (non-hydrogen) atoms. The van der Waals surface area contributed by atoms with E-state index in [4.69, 9.17) is 9.47 Å². The van der Waals surface area contributed by atoms with Crippen LogP contribution in [-0.2, 0) is 11.3 Å². The number of benzene rings is 2. The molecule has 0 aliphatic carbocycles. The van der Waals surface area contributed by atoms with Crippen LogP contribution in [0.1, 0.15) is 10.4 Å². The highest BCUT2D eigenvalue weighted by molar-refractivity contribution is 5.95. The average molecular weight is 379 g/mol. The molecule has 1 aliphatic heterocycles. The minimum atomic E-state index is -0.0886. The summed E-state index contributed by atoms with van der Waals surface area (Å²) in [4.78, 5) is 16.0. The number of anilines is 1. The molecule has 8 heteroatoms. The van der Waals surface area contributed by atoms with Crippen molar-refractivity contribution in [2.75, 3.05) is 38.3 Å². The first-order chi connectivity index (χ1) is 13.7. The molecule has 144 valence electrons. The van der Waals surface area contributed by atoms with E-state index in [0.717, 1.165) is 37.6 Å². The summed E-state index contributed by atoms with van der Waals surface area (Å²) in [5.41, 5.74) is 2.59. The van der Waals surface area contributed by atoms with Crippen LogP contribution in [0.5, 0.6) is 5.75 Å². The smallest absolute Gasteiger partial charge is 0.204 e. The predicted octanol–water partition coefficient (Wildman–Crippen LogP) is 2.07. The van der Waals surface area contributed by atoms with Crippen LogP contribution in [0, 0.1) is 0 Å². The lowest BCUT2D eigenvalue weighted by atomic mass is 10.1. The van der Waals surface area contributed by atoms with Gasteiger partial charge in [-0.05, 0) is 53.7 Å². The van der Waals surface area contributed by atoms with Crippen molar-refractivity contribution in [2.45, 2.75) is 6.54 Å². The Bertz CT molecular complexity index is 931. The molecule has 0 spiro atoms. The van der Waals surface area contributed by atoms with Crippen molar-refractivity contribution in [3.8, 4) is 17.1 Å². The Morgan fingerprint density at radius 1 is 1.07 bits per heavy atom. The number of carbonyl (C=O) groups is 1. The van der Waals surface area contributed by atoms with Crippen LogP contribution in [-0.4, -0.2) is 59.4 Å². The summed E-state index contributed by atoms with van der Waals surface area (Å²) in [5, 5.41) is 12.4. The summed E-state index contributed by atoms with van der Waals surface area (Å²) in [6, 6.07) is 15.0. The number of nitrogens with zero attached hydrogens (tertiary/aromatic N) is 5. The Balaban J connectivity index is 1.42. The zero-order valence-electron chi connectivity index (χ0n) is 15.6. The SMILES string of the molecule is COc1ccc(C(=O)Cn2nnc(-c3ccc(N4CCOCC4)cc3)n2)cc1. The Labute approximate surface area is 162 Å². The third kappa shape index (κ3) is 4.01. The molecular formula is C20H21N5O3. The maximum Gasteiger partial charge on any atom is 0.204 e. The van der Waals surface area contributed by atoms with E-state index in [1.807, 2.05) is 24.3 Å². The average Bonchev–Trinajstić information content (AvgIpc) is 3.23.